The molecule has 1 saturated heterocycles. The number of rotatable bonds is 3. The molecule has 0 aliphatic carbocycles. The Morgan fingerprint density at radius 3 is 2.62 bits per heavy atom. The average molecular weight is 293 g/mol. The highest BCUT2D eigenvalue weighted by Crippen LogP contribution is 2.31. The van der Waals surface area contributed by atoms with Gasteiger partial charge in [-0.05, 0) is 18.2 Å². The van der Waals surface area contributed by atoms with E-state index < -0.39 is 17.1 Å². The third kappa shape index (κ3) is 3.01. The Morgan fingerprint density at radius 1 is 1.43 bits per heavy atom. The minimum Gasteiger partial charge on any atom is -0.396 e. The molecule has 1 aromatic rings. The lowest BCUT2D eigenvalue weighted by molar-refractivity contribution is -0.143. The van der Waals surface area contributed by atoms with E-state index in [1.165, 1.54) is 12.1 Å². The van der Waals surface area contributed by atoms with E-state index in [0.29, 0.717) is 5.69 Å². The van der Waals surface area contributed by atoms with Crippen molar-refractivity contribution in [3.8, 4) is 0 Å². The number of benzene rings is 1. The predicted molar refractivity (Wildman–Crippen MR) is 74.6 cm³/mol. The lowest BCUT2D eigenvalue weighted by atomic mass is 9.92. The van der Waals surface area contributed by atoms with Gasteiger partial charge in [0.25, 0.3) is 0 Å². The summed E-state index contributed by atoms with van der Waals surface area (Å²) in [5.41, 5.74) is 4.82. The summed E-state index contributed by atoms with van der Waals surface area (Å²) < 4.78 is 13.0. The van der Waals surface area contributed by atoms with E-state index in [1.54, 1.807) is 13.8 Å². The fraction of sp³-hybridized carbons (Fsp3) is 0.357. The molecule has 3 amide bonds. The average Bonchev–Trinajstić information content (AvgIpc) is 2.56. The first-order chi connectivity index (χ1) is 9.70. The van der Waals surface area contributed by atoms with Crippen molar-refractivity contribution >= 4 is 29.1 Å². The van der Waals surface area contributed by atoms with Gasteiger partial charge in [0.1, 0.15) is 12.4 Å². The van der Waals surface area contributed by atoms with E-state index in [1.807, 2.05) is 0 Å². The van der Waals surface area contributed by atoms with Gasteiger partial charge < -0.3 is 11.1 Å². The largest absolute Gasteiger partial charge is 0.396 e. The summed E-state index contributed by atoms with van der Waals surface area (Å²) in [5.74, 6) is -1.87. The summed E-state index contributed by atoms with van der Waals surface area (Å²) in [5, 5.41) is 2.47. The molecule has 3 N–H and O–H groups in total. The van der Waals surface area contributed by atoms with Crippen molar-refractivity contribution in [3.63, 3.8) is 0 Å². The molecule has 1 heterocycles. The molecule has 112 valence electrons. The van der Waals surface area contributed by atoms with Gasteiger partial charge in [-0.25, -0.2) is 4.39 Å². The maximum Gasteiger partial charge on any atom is 0.244 e. The number of carbonyl (C=O) groups excluding carboxylic acids is 3. The normalized spacial score (nSPS) is 17.2. The molecule has 7 heteroatoms. The van der Waals surface area contributed by atoms with Gasteiger partial charge in [0.2, 0.25) is 17.7 Å². The summed E-state index contributed by atoms with van der Waals surface area (Å²) in [6.45, 7) is 2.95. The molecule has 0 atom stereocenters. The number of amides is 3. The number of likely N-dealkylation sites (tertiary alicyclic amines) is 1. The Bertz CT molecular complexity index is 628. The van der Waals surface area contributed by atoms with Crippen LogP contribution >= 0.6 is 0 Å². The molecule has 0 spiro atoms. The van der Waals surface area contributed by atoms with E-state index in [4.69, 9.17) is 5.73 Å². The van der Waals surface area contributed by atoms with Crippen LogP contribution in [0.25, 0.3) is 0 Å². The summed E-state index contributed by atoms with van der Waals surface area (Å²) >= 11 is 0. The number of carbonyl (C=O) groups is 3. The van der Waals surface area contributed by atoms with Gasteiger partial charge in [-0.3, -0.25) is 19.3 Å². The molecule has 21 heavy (non-hydrogen) atoms. The number of nitrogens with two attached hydrogens (primary N) is 1. The van der Waals surface area contributed by atoms with Crippen LogP contribution in [0.4, 0.5) is 15.8 Å². The number of nitrogen functional groups attached to an aromatic ring is 1. The van der Waals surface area contributed by atoms with E-state index in [0.717, 1.165) is 11.0 Å². The standard InChI is InChI=1S/C14H16FN3O3/c1-14(2)6-12(20)18(13(14)21)7-11(19)17-8-3-4-9(15)10(16)5-8/h3-5H,6-7,16H2,1-2H3,(H,17,19). The highest BCUT2D eigenvalue weighted by molar-refractivity contribution is 6.08. The third-order valence-corrected chi connectivity index (χ3v) is 3.30. The molecule has 0 bridgehead atoms. The Kier molecular flexibility index (Phi) is 3.67. The quantitative estimate of drug-likeness (QED) is 0.645. The lowest BCUT2D eigenvalue weighted by Crippen LogP contribution is -2.39. The second-order valence-electron chi connectivity index (χ2n) is 5.63. The molecule has 0 aromatic heterocycles. The van der Waals surface area contributed by atoms with Gasteiger partial charge in [-0.2, -0.15) is 0 Å². The van der Waals surface area contributed by atoms with Crippen LogP contribution in [-0.2, 0) is 14.4 Å². The van der Waals surface area contributed by atoms with Crippen LogP contribution in [0, 0.1) is 11.2 Å². The fourth-order valence-electron chi connectivity index (χ4n) is 2.15. The van der Waals surface area contributed by atoms with Crippen LogP contribution in [-0.4, -0.2) is 29.2 Å². The molecule has 6 nitrogen and oxygen atoms in total. The minimum absolute atomic E-state index is 0.0859. The number of imide groups is 1. The summed E-state index contributed by atoms with van der Waals surface area (Å²) in [6.07, 6.45) is 0.0859. The van der Waals surface area contributed by atoms with Crippen LogP contribution in [0.5, 0.6) is 0 Å². The van der Waals surface area contributed by atoms with E-state index in [-0.39, 0.29) is 30.5 Å². The van der Waals surface area contributed by atoms with Gasteiger partial charge in [-0.1, -0.05) is 13.8 Å². The molecule has 0 saturated carbocycles. The zero-order chi connectivity index (χ0) is 15.8. The van der Waals surface area contributed by atoms with Crippen LogP contribution in [0.2, 0.25) is 0 Å². The van der Waals surface area contributed by atoms with Crippen molar-refractivity contribution in [1.82, 2.24) is 4.90 Å². The number of hydrogen-bond acceptors (Lipinski definition) is 4. The lowest BCUT2D eigenvalue weighted by Gasteiger charge is -2.17. The maximum atomic E-state index is 13.0. The van der Waals surface area contributed by atoms with E-state index in [9.17, 15) is 18.8 Å². The molecular formula is C14H16FN3O3. The Labute approximate surface area is 121 Å². The van der Waals surface area contributed by atoms with Crippen LogP contribution in [0.1, 0.15) is 20.3 Å². The van der Waals surface area contributed by atoms with Gasteiger partial charge in [0.15, 0.2) is 0 Å². The van der Waals surface area contributed by atoms with Crippen LogP contribution < -0.4 is 11.1 Å². The van der Waals surface area contributed by atoms with Crippen molar-refractivity contribution in [3.05, 3.63) is 24.0 Å². The first-order valence-corrected chi connectivity index (χ1v) is 6.40. The second kappa shape index (κ2) is 5.16. The Balaban J connectivity index is 2.04. The van der Waals surface area contributed by atoms with E-state index in [2.05, 4.69) is 5.32 Å². The monoisotopic (exact) mass is 293 g/mol. The van der Waals surface area contributed by atoms with Crippen LogP contribution in [0.3, 0.4) is 0 Å². The molecular weight excluding hydrogens is 277 g/mol. The van der Waals surface area contributed by atoms with Crippen molar-refractivity contribution in [2.24, 2.45) is 5.41 Å². The second-order valence-corrected chi connectivity index (χ2v) is 5.63. The molecule has 2 rings (SSSR count). The minimum atomic E-state index is -0.780. The maximum absolute atomic E-state index is 13.0. The molecule has 1 fully saturated rings. The fourth-order valence-corrected chi connectivity index (χ4v) is 2.15. The highest BCUT2D eigenvalue weighted by Gasteiger charge is 2.45. The van der Waals surface area contributed by atoms with Crippen molar-refractivity contribution in [2.75, 3.05) is 17.6 Å². The third-order valence-electron chi connectivity index (χ3n) is 3.30. The molecule has 0 unspecified atom stereocenters. The van der Waals surface area contributed by atoms with Gasteiger partial charge in [-0.15, -0.1) is 0 Å². The number of halogens is 1. The summed E-state index contributed by atoms with van der Waals surface area (Å²) in [7, 11) is 0. The SMILES string of the molecule is CC1(C)CC(=O)N(CC(=O)Nc2ccc(F)c(N)c2)C1=O. The Morgan fingerprint density at radius 2 is 2.10 bits per heavy atom. The van der Waals surface area contributed by atoms with Gasteiger partial charge in [0.05, 0.1) is 11.1 Å². The van der Waals surface area contributed by atoms with Crippen molar-refractivity contribution < 1.29 is 18.8 Å². The topological polar surface area (TPSA) is 92.5 Å². The predicted octanol–water partition coefficient (Wildman–Crippen LogP) is 1.13. The first kappa shape index (κ1) is 15.0. The molecule has 0 radical (unpaired) electrons. The number of hydrogen-bond donors (Lipinski definition) is 2. The first-order valence-electron chi connectivity index (χ1n) is 6.40. The Hall–Kier alpha value is -2.44. The zero-order valence-electron chi connectivity index (χ0n) is 11.8. The summed E-state index contributed by atoms with van der Waals surface area (Å²) in [6, 6.07) is 3.74. The van der Waals surface area contributed by atoms with Gasteiger partial charge >= 0.3 is 0 Å². The summed E-state index contributed by atoms with van der Waals surface area (Å²) in [4.78, 5) is 36.5. The van der Waals surface area contributed by atoms with E-state index >= 15 is 0 Å². The smallest absolute Gasteiger partial charge is 0.244 e. The number of nitrogens with one attached hydrogen (secondary N) is 1. The highest BCUT2D eigenvalue weighted by atomic mass is 19.1. The van der Waals surface area contributed by atoms with Crippen molar-refractivity contribution in [2.45, 2.75) is 20.3 Å². The number of anilines is 2. The molecule has 1 aliphatic rings. The van der Waals surface area contributed by atoms with Gasteiger partial charge in [0, 0.05) is 12.1 Å². The molecule has 1 aromatic carbocycles. The zero-order valence-corrected chi connectivity index (χ0v) is 11.8. The molecule has 1 aliphatic heterocycles. The van der Waals surface area contributed by atoms with Crippen LogP contribution in [0.15, 0.2) is 18.2 Å². The number of nitrogens with zero attached hydrogens (tertiary/aromatic N) is 1. The van der Waals surface area contributed by atoms with Crippen molar-refractivity contribution in [1.29, 1.82) is 0 Å².